The van der Waals surface area contributed by atoms with Crippen LogP contribution in [0.5, 0.6) is 0 Å². The van der Waals surface area contributed by atoms with Gasteiger partial charge in [0, 0.05) is 59.0 Å². The van der Waals surface area contributed by atoms with Crippen LogP contribution in [0, 0.1) is 41.4 Å². The SMILES string of the molecule is CC[C@@H](C(=O)[O-])C1CC[C@H](C)C([C@@H](C)[C@H](O)[C@H](C)C(=O)[C@H](CC)C2O[C@]3(C=C[C@@H](NC(=O)CCSSc4ccccc4)[C@]4(CC[C@@](C)(C5CC[C@](O)(CC)[C@H](C)O5)O4)O3)[C@H](C)C[C@@H]2C)O1.[Na+]. The van der Waals surface area contributed by atoms with Crippen LogP contribution >= 0.6 is 21.6 Å². The van der Waals surface area contributed by atoms with Crippen LogP contribution < -0.4 is 40.0 Å². The molecule has 5 aliphatic rings. The van der Waals surface area contributed by atoms with Crippen molar-refractivity contribution in [3.63, 3.8) is 0 Å². The summed E-state index contributed by atoms with van der Waals surface area (Å²) in [5.74, 6) is -5.91. The van der Waals surface area contributed by atoms with Gasteiger partial charge < -0.3 is 49.1 Å². The third-order valence-electron chi connectivity index (χ3n) is 16.1. The van der Waals surface area contributed by atoms with Gasteiger partial charge in [-0.25, -0.2) is 0 Å². The summed E-state index contributed by atoms with van der Waals surface area (Å²) < 4.78 is 34.7. The second-order valence-corrected chi connectivity index (χ2v) is 23.0. The summed E-state index contributed by atoms with van der Waals surface area (Å²) in [6.45, 7) is 19.7. The second-order valence-electron chi connectivity index (χ2n) is 20.5. The molecule has 6 rings (SSSR count). The number of hydrogen-bond acceptors (Lipinski definition) is 13. The predicted molar refractivity (Wildman–Crippen MR) is 251 cm³/mol. The first-order valence-corrected chi connectivity index (χ1v) is 26.9. The van der Waals surface area contributed by atoms with Crippen molar-refractivity contribution in [1.82, 2.24) is 5.32 Å². The van der Waals surface area contributed by atoms with Gasteiger partial charge in [-0.05, 0) is 102 Å². The number of carboxylic acids is 1. The van der Waals surface area contributed by atoms with Gasteiger partial charge in [0.1, 0.15) is 11.8 Å². The van der Waals surface area contributed by atoms with E-state index in [1.807, 2.05) is 84.0 Å². The Kier molecular flexibility index (Phi) is 19.9. The average molecular weight is 968 g/mol. The average Bonchev–Trinajstić information content (AvgIpc) is 3.63. The van der Waals surface area contributed by atoms with Gasteiger partial charge >= 0.3 is 29.6 Å². The molecule has 2 spiro atoms. The molecule has 0 aliphatic carbocycles. The number of nitrogens with one attached hydrogen (secondary N) is 1. The smallest absolute Gasteiger partial charge is 0.550 e. The van der Waals surface area contributed by atoms with E-state index in [1.165, 1.54) is 0 Å². The Labute approximate surface area is 424 Å². The number of carboxylic acid groups (broad SMARTS) is 1. The number of aliphatic hydroxyl groups excluding tert-OH is 1. The molecule has 18 atom stereocenters. The summed E-state index contributed by atoms with van der Waals surface area (Å²) in [6.07, 6.45) is 6.70. The first kappa shape index (κ1) is 55.9. The number of aliphatic hydroxyl groups is 2. The van der Waals surface area contributed by atoms with Gasteiger partial charge in [-0.15, -0.1) is 0 Å². The van der Waals surface area contributed by atoms with Gasteiger partial charge in [-0.2, -0.15) is 0 Å². The Morgan fingerprint density at radius 1 is 0.909 bits per heavy atom. The molecule has 4 unspecified atom stereocenters. The first-order chi connectivity index (χ1) is 30.8. The molecule has 0 aromatic heterocycles. The molecule has 366 valence electrons. The molecule has 12 nitrogen and oxygen atoms in total. The zero-order valence-electron chi connectivity index (χ0n) is 41.5. The molecule has 1 amide bonds. The maximum absolute atomic E-state index is 14.7. The van der Waals surface area contributed by atoms with Crippen LogP contribution in [0.25, 0.3) is 0 Å². The molecular formula is C51H78NNaO11S2. The molecule has 15 heteroatoms. The molecule has 5 heterocycles. The Balaban J connectivity index is 0.00000817. The Morgan fingerprint density at radius 3 is 2.24 bits per heavy atom. The molecule has 4 fully saturated rings. The number of aliphatic carboxylic acids is 1. The van der Waals surface area contributed by atoms with Gasteiger partial charge in [0.15, 0.2) is 11.6 Å². The number of ether oxygens (including phenoxy) is 5. The molecule has 0 saturated carbocycles. The van der Waals surface area contributed by atoms with E-state index in [4.69, 9.17) is 23.7 Å². The number of amides is 1. The van der Waals surface area contributed by atoms with Crippen LogP contribution in [0.15, 0.2) is 47.4 Å². The number of benzene rings is 1. The van der Waals surface area contributed by atoms with Crippen LogP contribution in [0.4, 0.5) is 0 Å². The minimum atomic E-state index is -1.32. The van der Waals surface area contributed by atoms with Gasteiger partial charge in [0.2, 0.25) is 5.91 Å². The number of carbonyl (C=O) groups is 3. The maximum Gasteiger partial charge on any atom is 1.00 e. The van der Waals surface area contributed by atoms with Crippen LogP contribution in [-0.4, -0.2) is 99.1 Å². The standard InChI is InChI=1S/C51H79NO11S2.Na/c1-11-37(47(56)57)39-20-19-30(4)45(60-39)34(8)43(54)33(7)44(55)38(12-2)46-31(5)29-32(6)50(61-46)25-21-40(52-42(53)23-28-64-65-36-17-15-14-16-18-36)51(63-50)27-26-48(10,62-51)41-22-24-49(58,13-3)35(9)59-41;/h14-18,21,25,30-35,37-41,43,45-46,54,58H,11-13,19-20,22-24,26-29H2,1-10H3,(H,52,53)(H,56,57);/q;+1/p-1/t30-,31-,32+,33-,34-,35-,37+,38-,39?,40+,41?,43+,45?,46?,48-,49+,50-,51-;/m0./s1. The first-order valence-electron chi connectivity index (χ1n) is 24.6. The third kappa shape index (κ3) is 12.0. The minimum Gasteiger partial charge on any atom is -0.550 e. The normalized spacial score (nSPS) is 39.1. The fourth-order valence-corrected chi connectivity index (χ4v) is 13.6. The summed E-state index contributed by atoms with van der Waals surface area (Å²) >= 11 is 0. The molecule has 0 radical (unpaired) electrons. The van der Waals surface area contributed by atoms with E-state index in [0.29, 0.717) is 70.0 Å². The van der Waals surface area contributed by atoms with E-state index in [0.717, 1.165) is 11.3 Å². The topological polar surface area (TPSA) is 173 Å². The van der Waals surface area contributed by atoms with Gasteiger partial charge in [-0.1, -0.05) is 101 Å². The zero-order valence-corrected chi connectivity index (χ0v) is 45.1. The monoisotopic (exact) mass is 967 g/mol. The van der Waals surface area contributed by atoms with E-state index < -0.39 is 89.0 Å². The largest absolute Gasteiger partial charge is 1.00 e. The van der Waals surface area contributed by atoms with Crippen LogP contribution in [0.2, 0.25) is 0 Å². The van der Waals surface area contributed by atoms with E-state index >= 15 is 0 Å². The van der Waals surface area contributed by atoms with E-state index in [9.17, 15) is 29.7 Å². The Hall–Kier alpha value is -1.01. The Morgan fingerprint density at radius 2 is 1.61 bits per heavy atom. The second kappa shape index (κ2) is 23.5. The van der Waals surface area contributed by atoms with Crippen molar-refractivity contribution in [1.29, 1.82) is 0 Å². The summed E-state index contributed by atoms with van der Waals surface area (Å²) in [5.41, 5.74) is -1.71. The predicted octanol–water partition coefficient (Wildman–Crippen LogP) is 4.81. The van der Waals surface area contributed by atoms with E-state index in [-0.39, 0.29) is 65.1 Å². The van der Waals surface area contributed by atoms with Crippen molar-refractivity contribution in [3.05, 3.63) is 42.5 Å². The number of hydrogen-bond donors (Lipinski definition) is 3. The van der Waals surface area contributed by atoms with E-state index in [1.54, 1.807) is 28.5 Å². The van der Waals surface area contributed by atoms with Crippen molar-refractivity contribution in [2.24, 2.45) is 41.4 Å². The molecule has 5 aliphatic heterocycles. The number of ketones is 1. The third-order valence-corrected chi connectivity index (χ3v) is 18.5. The molecular weight excluding hydrogens is 890 g/mol. The fourth-order valence-electron chi connectivity index (χ4n) is 11.6. The number of Topliss-reactive ketones (excluding diaryl/α,β-unsaturated/α-hetero) is 1. The quantitative estimate of drug-likeness (QED) is 0.0793. The van der Waals surface area contributed by atoms with Crippen molar-refractivity contribution < 1.29 is 82.9 Å². The van der Waals surface area contributed by atoms with Crippen LogP contribution in [-0.2, 0) is 38.1 Å². The van der Waals surface area contributed by atoms with Crippen molar-refractivity contribution in [2.75, 3.05) is 5.75 Å². The molecule has 3 N–H and O–H groups in total. The summed E-state index contributed by atoms with van der Waals surface area (Å²) in [7, 11) is 3.27. The maximum atomic E-state index is 14.7. The fraction of sp³-hybridized carbons (Fsp3) is 0.784. The molecule has 66 heavy (non-hydrogen) atoms. The van der Waals surface area contributed by atoms with Gasteiger partial charge in [-0.3, -0.25) is 9.59 Å². The van der Waals surface area contributed by atoms with Gasteiger partial charge in [0.05, 0.1) is 47.8 Å². The minimum absolute atomic E-state index is 0. The van der Waals surface area contributed by atoms with Crippen molar-refractivity contribution in [3.8, 4) is 0 Å². The molecule has 4 saturated heterocycles. The van der Waals surface area contributed by atoms with Crippen molar-refractivity contribution in [2.45, 2.75) is 210 Å². The molecule has 1 aromatic rings. The van der Waals surface area contributed by atoms with E-state index in [2.05, 4.69) is 26.1 Å². The Bertz CT molecular complexity index is 1810. The summed E-state index contributed by atoms with van der Waals surface area (Å²) in [6, 6.07) is 9.44. The van der Waals surface area contributed by atoms with Gasteiger partial charge in [0.25, 0.3) is 0 Å². The zero-order chi connectivity index (χ0) is 47.5. The van der Waals surface area contributed by atoms with Crippen LogP contribution in [0.1, 0.15) is 140 Å². The molecule has 1 aromatic carbocycles. The van der Waals surface area contributed by atoms with Crippen molar-refractivity contribution >= 4 is 39.2 Å². The van der Waals surface area contributed by atoms with Crippen LogP contribution in [0.3, 0.4) is 0 Å². The summed E-state index contributed by atoms with van der Waals surface area (Å²) in [4.78, 5) is 41.5. The summed E-state index contributed by atoms with van der Waals surface area (Å²) in [5, 5.41) is 38.4. The molecule has 0 bridgehead atoms. The number of rotatable bonds is 18. The number of carbonyl (C=O) groups excluding carboxylic acids is 3.